The van der Waals surface area contributed by atoms with Gasteiger partial charge in [-0.2, -0.15) is 5.10 Å². The number of H-pyrrole nitrogens is 1. The molecule has 1 aliphatic rings. The number of nitrogens with zero attached hydrogens (tertiary/aromatic N) is 3. The highest BCUT2D eigenvalue weighted by atomic mass is 16.2. The highest BCUT2D eigenvalue weighted by molar-refractivity contribution is 5.65. The molecule has 1 N–H and O–H groups in total. The lowest BCUT2D eigenvalue weighted by molar-refractivity contribution is 0.766. The molecule has 0 atom stereocenters. The lowest BCUT2D eigenvalue weighted by Crippen LogP contribution is -2.33. The van der Waals surface area contributed by atoms with Crippen molar-refractivity contribution in [2.24, 2.45) is 18.1 Å². The van der Waals surface area contributed by atoms with Crippen LogP contribution in [0, 0.1) is 5.92 Å². The average Bonchev–Trinajstić information content (AvgIpc) is 3.05. The summed E-state index contributed by atoms with van der Waals surface area (Å²) in [5.74, 6) is 0.964. The molecule has 1 aromatic heterocycles. The first-order valence-electron chi connectivity index (χ1n) is 5.16. The van der Waals surface area contributed by atoms with Crippen LogP contribution in [0.3, 0.4) is 0 Å². The van der Waals surface area contributed by atoms with Gasteiger partial charge in [-0.05, 0) is 18.8 Å². The summed E-state index contributed by atoms with van der Waals surface area (Å²) in [4.78, 5) is 25.3. The van der Waals surface area contributed by atoms with E-state index in [-0.39, 0.29) is 5.56 Å². The third-order valence-corrected chi connectivity index (χ3v) is 2.55. The second kappa shape index (κ2) is 3.96. The Bertz CT molecular complexity index is 493. The van der Waals surface area contributed by atoms with Crippen molar-refractivity contribution in [1.82, 2.24) is 9.55 Å². The van der Waals surface area contributed by atoms with Gasteiger partial charge in [0.05, 0.1) is 0 Å². The Balaban J connectivity index is 2.25. The maximum atomic E-state index is 11.4. The van der Waals surface area contributed by atoms with Gasteiger partial charge in [0.2, 0.25) is 0 Å². The molecule has 0 amide bonds. The van der Waals surface area contributed by atoms with Crippen LogP contribution in [0.5, 0.6) is 0 Å². The molecule has 1 fully saturated rings. The van der Waals surface area contributed by atoms with E-state index in [2.05, 4.69) is 10.1 Å². The van der Waals surface area contributed by atoms with Gasteiger partial charge in [0.15, 0.2) is 0 Å². The summed E-state index contributed by atoms with van der Waals surface area (Å²) >= 11 is 0. The van der Waals surface area contributed by atoms with Crippen molar-refractivity contribution >= 4 is 12.0 Å². The van der Waals surface area contributed by atoms with Gasteiger partial charge in [0.25, 0.3) is 5.56 Å². The maximum absolute atomic E-state index is 11.4. The topological polar surface area (TPSA) is 70.5 Å². The first kappa shape index (κ1) is 10.7. The molecule has 0 unspecified atom stereocenters. The molecule has 6 nitrogen and oxygen atoms in total. The average molecular weight is 222 g/mol. The fraction of sp³-hybridized carbons (Fsp3) is 0.500. The number of hydrogen-bond donors (Lipinski definition) is 1. The summed E-state index contributed by atoms with van der Waals surface area (Å²) < 4.78 is 1.02. The van der Waals surface area contributed by atoms with Crippen LogP contribution in [-0.4, -0.2) is 22.8 Å². The largest absolute Gasteiger partial charge is 0.329 e. The van der Waals surface area contributed by atoms with Crippen LogP contribution in [0.4, 0.5) is 5.82 Å². The molecule has 1 heterocycles. The van der Waals surface area contributed by atoms with Crippen molar-refractivity contribution in [1.29, 1.82) is 0 Å². The normalized spacial score (nSPS) is 15.6. The molecule has 0 aliphatic heterocycles. The summed E-state index contributed by atoms with van der Waals surface area (Å²) in [6.07, 6.45) is 4.19. The number of hydrazone groups is 1. The van der Waals surface area contributed by atoms with E-state index in [4.69, 9.17) is 0 Å². The molecular weight excluding hydrogens is 208 g/mol. The summed E-state index contributed by atoms with van der Waals surface area (Å²) in [7, 11) is 3.13. The lowest BCUT2D eigenvalue weighted by Gasteiger charge is -2.11. The zero-order chi connectivity index (χ0) is 11.7. The highest BCUT2D eigenvalue weighted by Gasteiger charge is 2.18. The van der Waals surface area contributed by atoms with Crippen LogP contribution in [0.2, 0.25) is 0 Å². The molecule has 1 saturated carbocycles. The first-order valence-corrected chi connectivity index (χ1v) is 5.16. The quantitative estimate of drug-likeness (QED) is 0.573. The van der Waals surface area contributed by atoms with Crippen LogP contribution < -0.4 is 16.3 Å². The number of anilines is 1. The minimum atomic E-state index is -0.434. The van der Waals surface area contributed by atoms with Crippen LogP contribution in [0.15, 0.2) is 20.8 Å². The molecule has 0 saturated heterocycles. The first-order chi connectivity index (χ1) is 7.58. The predicted molar refractivity (Wildman–Crippen MR) is 61.9 cm³/mol. The van der Waals surface area contributed by atoms with Crippen molar-refractivity contribution < 1.29 is 0 Å². The summed E-state index contributed by atoms with van der Waals surface area (Å²) in [6.45, 7) is 0. The third kappa shape index (κ3) is 2.21. The molecule has 0 aromatic carbocycles. The molecule has 2 rings (SSSR count). The van der Waals surface area contributed by atoms with E-state index in [0.29, 0.717) is 11.7 Å². The van der Waals surface area contributed by atoms with Gasteiger partial charge in [0.1, 0.15) is 5.82 Å². The molecular formula is C10H14N4O2. The van der Waals surface area contributed by atoms with Gasteiger partial charge in [-0.1, -0.05) is 0 Å². The number of aromatic nitrogens is 2. The number of hydrogen-bond acceptors (Lipinski definition) is 4. The smallest absolute Gasteiger partial charge is 0.292 e. The standard InChI is InChI=1S/C10H14N4O2/c1-13-9(15)5-8(12-10(13)16)14(2)11-6-7-3-4-7/h5-7H,3-4H2,1-2H3,(H,12,16)/b11-6+. The van der Waals surface area contributed by atoms with Crippen LogP contribution >= 0.6 is 0 Å². The van der Waals surface area contributed by atoms with E-state index in [1.807, 2.05) is 6.21 Å². The van der Waals surface area contributed by atoms with Crippen molar-refractivity contribution in [3.63, 3.8) is 0 Å². The van der Waals surface area contributed by atoms with E-state index in [0.717, 1.165) is 4.57 Å². The van der Waals surface area contributed by atoms with Crippen LogP contribution in [0.25, 0.3) is 0 Å². The molecule has 0 spiro atoms. The monoisotopic (exact) mass is 222 g/mol. The van der Waals surface area contributed by atoms with E-state index >= 15 is 0 Å². The molecule has 0 radical (unpaired) electrons. The van der Waals surface area contributed by atoms with Crippen molar-refractivity contribution in [3.05, 3.63) is 26.9 Å². The summed E-state index contributed by atoms with van der Waals surface area (Å²) in [5.41, 5.74) is -0.775. The minimum absolute atomic E-state index is 0.341. The SMILES string of the molecule is CN(/N=C/C1CC1)c1cc(=O)n(C)c(=O)[nH]1. The molecule has 1 aromatic rings. The van der Waals surface area contributed by atoms with Crippen molar-refractivity contribution in [3.8, 4) is 0 Å². The molecule has 0 bridgehead atoms. The van der Waals surface area contributed by atoms with E-state index < -0.39 is 5.69 Å². The predicted octanol–water partition coefficient (Wildman–Crippen LogP) is -0.0944. The molecule has 1 aliphatic carbocycles. The van der Waals surface area contributed by atoms with Crippen LogP contribution in [0.1, 0.15) is 12.8 Å². The van der Waals surface area contributed by atoms with Gasteiger partial charge in [-0.25, -0.2) is 4.79 Å². The summed E-state index contributed by atoms with van der Waals surface area (Å²) in [5, 5.41) is 5.66. The Morgan fingerprint density at radius 2 is 2.25 bits per heavy atom. The molecule has 6 heteroatoms. The Kier molecular flexibility index (Phi) is 2.64. The summed E-state index contributed by atoms with van der Waals surface area (Å²) in [6, 6.07) is 1.35. The van der Waals surface area contributed by atoms with Crippen molar-refractivity contribution in [2.75, 3.05) is 12.1 Å². The fourth-order valence-corrected chi connectivity index (χ4v) is 1.22. The number of aromatic amines is 1. The van der Waals surface area contributed by atoms with Gasteiger partial charge >= 0.3 is 5.69 Å². The van der Waals surface area contributed by atoms with E-state index in [9.17, 15) is 9.59 Å². The Hall–Kier alpha value is -1.85. The van der Waals surface area contributed by atoms with Crippen molar-refractivity contribution in [2.45, 2.75) is 12.8 Å². The third-order valence-electron chi connectivity index (χ3n) is 2.55. The molecule has 86 valence electrons. The second-order valence-electron chi connectivity index (χ2n) is 3.98. The van der Waals surface area contributed by atoms with Crippen LogP contribution in [-0.2, 0) is 7.05 Å². The zero-order valence-electron chi connectivity index (χ0n) is 9.30. The molecule has 16 heavy (non-hydrogen) atoms. The van der Waals surface area contributed by atoms with Gasteiger partial charge < -0.3 is 0 Å². The highest BCUT2D eigenvalue weighted by Crippen LogP contribution is 2.26. The Labute approximate surface area is 92.2 Å². The lowest BCUT2D eigenvalue weighted by atomic mass is 10.5. The fourth-order valence-electron chi connectivity index (χ4n) is 1.22. The maximum Gasteiger partial charge on any atom is 0.329 e. The Morgan fingerprint density at radius 1 is 1.56 bits per heavy atom. The number of nitrogens with one attached hydrogen (secondary N) is 1. The van der Waals surface area contributed by atoms with Gasteiger partial charge in [0, 0.05) is 26.4 Å². The van der Waals surface area contributed by atoms with Gasteiger partial charge in [-0.3, -0.25) is 19.4 Å². The van der Waals surface area contributed by atoms with E-state index in [1.165, 1.54) is 31.0 Å². The Morgan fingerprint density at radius 3 is 2.81 bits per heavy atom. The van der Waals surface area contributed by atoms with E-state index in [1.54, 1.807) is 7.05 Å². The van der Waals surface area contributed by atoms with Gasteiger partial charge in [-0.15, -0.1) is 0 Å². The second-order valence-corrected chi connectivity index (χ2v) is 3.98. The zero-order valence-corrected chi connectivity index (χ0v) is 9.30. The number of rotatable bonds is 3. The minimum Gasteiger partial charge on any atom is -0.292 e.